The van der Waals surface area contributed by atoms with Gasteiger partial charge in [0.05, 0.1) is 29.4 Å². The Bertz CT molecular complexity index is 1180. The van der Waals surface area contributed by atoms with Crippen molar-refractivity contribution >= 4 is 0 Å². The molecule has 0 aliphatic heterocycles. The fraction of sp³-hybridized carbons (Fsp3) is 0.694. The molecule has 226 valence electrons. The highest BCUT2D eigenvalue weighted by Crippen LogP contribution is 2.62. The first-order valence-electron chi connectivity index (χ1n) is 16.3. The highest BCUT2D eigenvalue weighted by Gasteiger charge is 2.55. The molecule has 4 fully saturated rings. The van der Waals surface area contributed by atoms with Gasteiger partial charge in [0, 0.05) is 6.42 Å². The molecule has 4 aliphatic rings. The average molecular weight is 564 g/mol. The zero-order chi connectivity index (χ0) is 29.4. The maximum atomic E-state index is 11.4. The number of fused-ring (bicyclic) bond motifs is 1. The maximum absolute atomic E-state index is 11.4. The SMILES string of the molecule is C=C1C(=CC=C2CCC[C@]3(C)[C@@H](C(C)(C)C=C[C@H](O)C4(c5nc(CCCCC)co5)CC4)CC[C@@H]23)C[C@@H](O)C[C@@H]1O. The number of allylic oxidation sites excluding steroid dienone is 4. The topological polar surface area (TPSA) is 86.7 Å². The predicted octanol–water partition coefficient (Wildman–Crippen LogP) is 7.52. The van der Waals surface area contributed by atoms with Crippen molar-refractivity contribution in [2.45, 2.75) is 135 Å². The molecule has 5 rings (SSSR count). The van der Waals surface area contributed by atoms with Crippen molar-refractivity contribution in [1.82, 2.24) is 4.98 Å². The summed E-state index contributed by atoms with van der Waals surface area (Å²) >= 11 is 0. The molecule has 1 heterocycles. The number of rotatable bonds is 10. The molecular weight excluding hydrogens is 510 g/mol. The minimum atomic E-state index is -0.648. The van der Waals surface area contributed by atoms with Crippen LogP contribution in [0.2, 0.25) is 0 Å². The first-order valence-corrected chi connectivity index (χ1v) is 16.3. The molecular formula is C36H53NO4. The van der Waals surface area contributed by atoms with Gasteiger partial charge in [0.2, 0.25) is 5.89 Å². The molecule has 0 saturated heterocycles. The van der Waals surface area contributed by atoms with Gasteiger partial charge in [-0.2, -0.15) is 0 Å². The number of aliphatic hydroxyl groups excluding tert-OH is 3. The van der Waals surface area contributed by atoms with Crippen LogP contribution in [0.5, 0.6) is 0 Å². The molecule has 5 nitrogen and oxygen atoms in total. The molecule has 0 bridgehead atoms. The second-order valence-electron chi connectivity index (χ2n) is 14.5. The molecule has 0 unspecified atom stereocenters. The summed E-state index contributed by atoms with van der Waals surface area (Å²) < 4.78 is 5.91. The monoisotopic (exact) mass is 563 g/mol. The van der Waals surface area contributed by atoms with Crippen LogP contribution < -0.4 is 0 Å². The molecule has 3 N–H and O–H groups in total. The van der Waals surface area contributed by atoms with Crippen LogP contribution in [0.4, 0.5) is 0 Å². The van der Waals surface area contributed by atoms with Gasteiger partial charge in [0.1, 0.15) is 6.26 Å². The Morgan fingerprint density at radius 1 is 1.17 bits per heavy atom. The summed E-state index contributed by atoms with van der Waals surface area (Å²) in [6, 6.07) is 0. The number of aliphatic hydroxyl groups is 3. The number of oxazole rings is 1. The largest absolute Gasteiger partial charge is 0.448 e. The van der Waals surface area contributed by atoms with Crippen LogP contribution in [0, 0.1) is 22.7 Å². The van der Waals surface area contributed by atoms with E-state index in [9.17, 15) is 15.3 Å². The van der Waals surface area contributed by atoms with Crippen molar-refractivity contribution < 1.29 is 19.7 Å². The van der Waals surface area contributed by atoms with Gasteiger partial charge in [-0.3, -0.25) is 0 Å². The van der Waals surface area contributed by atoms with Gasteiger partial charge < -0.3 is 19.7 Å². The van der Waals surface area contributed by atoms with Crippen LogP contribution in [0.1, 0.15) is 116 Å². The lowest BCUT2D eigenvalue weighted by atomic mass is 9.57. The summed E-state index contributed by atoms with van der Waals surface area (Å²) in [7, 11) is 0. The zero-order valence-electron chi connectivity index (χ0n) is 25.9. The minimum absolute atomic E-state index is 0.0464. The van der Waals surface area contributed by atoms with Gasteiger partial charge in [0.25, 0.3) is 0 Å². The van der Waals surface area contributed by atoms with E-state index in [-0.39, 0.29) is 16.2 Å². The molecule has 41 heavy (non-hydrogen) atoms. The second kappa shape index (κ2) is 12.0. The van der Waals surface area contributed by atoms with E-state index in [2.05, 4.69) is 52.5 Å². The Hall–Kier alpha value is -1.95. The van der Waals surface area contributed by atoms with Crippen molar-refractivity contribution in [3.05, 3.63) is 65.5 Å². The Morgan fingerprint density at radius 2 is 1.95 bits per heavy atom. The van der Waals surface area contributed by atoms with E-state index in [1.165, 1.54) is 44.1 Å². The summed E-state index contributed by atoms with van der Waals surface area (Å²) in [5.74, 6) is 1.77. The van der Waals surface area contributed by atoms with Crippen molar-refractivity contribution in [2.24, 2.45) is 22.7 Å². The third-order valence-electron chi connectivity index (χ3n) is 11.2. The molecule has 4 saturated carbocycles. The number of hydrogen-bond donors (Lipinski definition) is 3. The Balaban J connectivity index is 1.28. The Morgan fingerprint density at radius 3 is 2.68 bits per heavy atom. The van der Waals surface area contributed by atoms with Gasteiger partial charge in [-0.05, 0) is 98.0 Å². The first-order chi connectivity index (χ1) is 19.5. The lowest BCUT2D eigenvalue weighted by molar-refractivity contribution is 0.0705. The molecule has 0 radical (unpaired) electrons. The molecule has 0 aromatic carbocycles. The van der Waals surface area contributed by atoms with Gasteiger partial charge in [-0.15, -0.1) is 0 Å². The zero-order valence-corrected chi connectivity index (χ0v) is 25.9. The van der Waals surface area contributed by atoms with Crippen LogP contribution in [-0.2, 0) is 11.8 Å². The molecule has 0 spiro atoms. The van der Waals surface area contributed by atoms with E-state index in [1.807, 2.05) is 6.08 Å². The van der Waals surface area contributed by atoms with Crippen molar-refractivity contribution in [2.75, 3.05) is 0 Å². The van der Waals surface area contributed by atoms with Crippen LogP contribution in [-0.4, -0.2) is 38.6 Å². The van der Waals surface area contributed by atoms with E-state index in [4.69, 9.17) is 9.40 Å². The molecule has 4 aliphatic carbocycles. The fourth-order valence-corrected chi connectivity index (χ4v) is 8.54. The lowest BCUT2D eigenvalue weighted by Gasteiger charge is -2.47. The third kappa shape index (κ3) is 6.10. The molecule has 6 atom stereocenters. The van der Waals surface area contributed by atoms with Crippen LogP contribution in [0.15, 0.2) is 58.3 Å². The van der Waals surface area contributed by atoms with Gasteiger partial charge in [-0.25, -0.2) is 4.98 Å². The van der Waals surface area contributed by atoms with E-state index in [1.54, 1.807) is 6.26 Å². The van der Waals surface area contributed by atoms with Crippen LogP contribution in [0.25, 0.3) is 0 Å². The summed E-state index contributed by atoms with van der Waals surface area (Å²) in [6.45, 7) is 13.5. The third-order valence-corrected chi connectivity index (χ3v) is 11.2. The molecule has 1 aromatic heterocycles. The highest BCUT2D eigenvalue weighted by atomic mass is 16.3. The fourth-order valence-electron chi connectivity index (χ4n) is 8.54. The second-order valence-corrected chi connectivity index (χ2v) is 14.5. The Kier molecular flexibility index (Phi) is 8.91. The summed E-state index contributed by atoms with van der Waals surface area (Å²) in [4.78, 5) is 4.79. The number of unbranched alkanes of at least 4 members (excludes halogenated alkanes) is 2. The summed E-state index contributed by atoms with van der Waals surface area (Å²) in [6.07, 6.45) is 21.9. The quantitative estimate of drug-likeness (QED) is 0.202. The number of hydrogen-bond acceptors (Lipinski definition) is 5. The number of nitrogens with zero attached hydrogens (tertiary/aromatic N) is 1. The summed E-state index contributed by atoms with van der Waals surface area (Å²) in [5, 5.41) is 31.8. The highest BCUT2D eigenvalue weighted by molar-refractivity contribution is 5.39. The average Bonchev–Trinajstić information content (AvgIpc) is 3.45. The van der Waals surface area contributed by atoms with E-state index in [0.717, 1.165) is 48.9 Å². The van der Waals surface area contributed by atoms with Gasteiger partial charge in [-0.1, -0.05) is 77.0 Å². The van der Waals surface area contributed by atoms with Crippen molar-refractivity contribution in [1.29, 1.82) is 0 Å². The molecule has 1 aromatic rings. The van der Waals surface area contributed by atoms with E-state index >= 15 is 0 Å². The van der Waals surface area contributed by atoms with Crippen LogP contribution >= 0.6 is 0 Å². The summed E-state index contributed by atoms with van der Waals surface area (Å²) in [5.41, 5.74) is 4.05. The number of aryl methyl sites for hydroxylation is 1. The minimum Gasteiger partial charge on any atom is -0.448 e. The standard InChI is InChI=1S/C36H53NO4/c1-6-7-8-11-27-23-41-33(37-27)36(19-20-36)32(40)16-18-34(3,4)31-15-14-29-25(10-9-17-35(29,31)5)12-13-26-21-28(38)22-30(39)24(26)2/h12-13,16,18,23,28-32,38-40H,2,6-11,14-15,17,19-22H2,1,3-5H3/t28-,29+,30+,31-,32+,35+/m1/s1. The Labute approximate surface area is 247 Å². The lowest BCUT2D eigenvalue weighted by Crippen LogP contribution is -2.39. The van der Waals surface area contributed by atoms with Crippen molar-refractivity contribution in [3.8, 4) is 0 Å². The van der Waals surface area contributed by atoms with Gasteiger partial charge in [0.15, 0.2) is 0 Å². The molecule has 5 heteroatoms. The smallest absolute Gasteiger partial charge is 0.203 e. The number of aromatic nitrogens is 1. The maximum Gasteiger partial charge on any atom is 0.203 e. The van der Waals surface area contributed by atoms with Gasteiger partial charge >= 0.3 is 0 Å². The molecule has 0 amide bonds. The predicted molar refractivity (Wildman–Crippen MR) is 164 cm³/mol. The van der Waals surface area contributed by atoms with Crippen LogP contribution in [0.3, 0.4) is 0 Å². The van der Waals surface area contributed by atoms with Crippen molar-refractivity contribution in [3.63, 3.8) is 0 Å². The normalized spacial score (nSPS) is 34.5. The first kappa shape index (κ1) is 30.5. The van der Waals surface area contributed by atoms with E-state index in [0.29, 0.717) is 30.6 Å². The van der Waals surface area contributed by atoms with E-state index < -0.39 is 18.3 Å².